The molecule has 5 aromatic rings. The topological polar surface area (TPSA) is 150 Å². The van der Waals surface area contributed by atoms with Gasteiger partial charge in [0, 0.05) is 84.8 Å². The molecule has 0 unspecified atom stereocenters. The van der Waals surface area contributed by atoms with Gasteiger partial charge in [-0.3, -0.25) is 18.9 Å². The van der Waals surface area contributed by atoms with Crippen molar-refractivity contribution in [2.75, 3.05) is 26.7 Å². The maximum atomic E-state index is 13.4. The van der Waals surface area contributed by atoms with E-state index in [0.717, 1.165) is 24.2 Å². The SMILES string of the molecule is COc1nc(-c2cccc(-c3cccc(-c4ccn5c(=O)c(CN6CC(C(C)(C)O)C6)cnc5c4)c3Cl)c2Cl)ccc1CN(C[C@@H]1CCC(=O)N1)C(=O)O. The smallest absolute Gasteiger partial charge is 0.407 e. The Hall–Kier alpha value is -5.01. The summed E-state index contributed by atoms with van der Waals surface area (Å²) in [6.45, 7) is 5.71. The van der Waals surface area contributed by atoms with Crippen LogP contribution >= 0.6 is 23.2 Å². The number of carboxylic acid groups (broad SMARTS) is 1. The number of aromatic nitrogens is 3. The van der Waals surface area contributed by atoms with Gasteiger partial charge in [0.25, 0.3) is 5.56 Å². The maximum Gasteiger partial charge on any atom is 0.407 e. The van der Waals surface area contributed by atoms with Gasteiger partial charge in [-0.1, -0.05) is 59.6 Å². The molecule has 0 bridgehead atoms. The molecule has 2 saturated heterocycles. The molecule has 2 aliphatic heterocycles. The first-order valence-electron chi connectivity index (χ1n) is 17.6. The molecule has 14 heteroatoms. The van der Waals surface area contributed by atoms with Crippen LogP contribution in [0, 0.1) is 5.92 Å². The van der Waals surface area contributed by atoms with E-state index < -0.39 is 11.7 Å². The summed E-state index contributed by atoms with van der Waals surface area (Å²) in [4.78, 5) is 49.8. The molecular formula is C40H40Cl2N6O6. The Morgan fingerprint density at radius 2 is 1.69 bits per heavy atom. The number of aliphatic hydroxyl groups is 1. The summed E-state index contributed by atoms with van der Waals surface area (Å²) in [6.07, 6.45) is 3.17. The van der Waals surface area contributed by atoms with Crippen LogP contribution in [0.15, 0.2) is 77.9 Å². The number of hydrogen-bond acceptors (Lipinski definition) is 8. The summed E-state index contributed by atoms with van der Waals surface area (Å²) in [5.41, 5.74) is 4.79. The Bertz CT molecular complexity index is 2320. The van der Waals surface area contributed by atoms with E-state index >= 15 is 0 Å². The quantitative estimate of drug-likeness (QED) is 0.139. The summed E-state index contributed by atoms with van der Waals surface area (Å²) in [5, 5.41) is 23.8. The summed E-state index contributed by atoms with van der Waals surface area (Å²) >= 11 is 14.2. The van der Waals surface area contributed by atoms with Gasteiger partial charge < -0.3 is 25.2 Å². The van der Waals surface area contributed by atoms with E-state index in [-0.39, 0.29) is 42.4 Å². The first kappa shape index (κ1) is 37.3. The molecule has 1 atom stereocenters. The molecule has 2 aromatic carbocycles. The number of benzene rings is 2. The Morgan fingerprint density at radius 3 is 2.33 bits per heavy atom. The minimum Gasteiger partial charge on any atom is -0.481 e. The average Bonchev–Trinajstić information content (AvgIpc) is 3.54. The van der Waals surface area contributed by atoms with Crippen LogP contribution in [0.2, 0.25) is 10.0 Å². The van der Waals surface area contributed by atoms with Gasteiger partial charge in [0.1, 0.15) is 5.65 Å². The zero-order valence-electron chi connectivity index (χ0n) is 30.1. The van der Waals surface area contributed by atoms with Gasteiger partial charge >= 0.3 is 6.09 Å². The highest BCUT2D eigenvalue weighted by Crippen LogP contribution is 2.42. The Balaban J connectivity index is 1.13. The number of rotatable bonds is 11. The lowest BCUT2D eigenvalue weighted by atomic mass is 9.84. The zero-order valence-corrected chi connectivity index (χ0v) is 31.6. The molecule has 3 aromatic heterocycles. The molecule has 7 rings (SSSR count). The fourth-order valence-electron chi connectivity index (χ4n) is 7.09. The van der Waals surface area contributed by atoms with Crippen LogP contribution in [-0.2, 0) is 17.9 Å². The first-order valence-corrected chi connectivity index (χ1v) is 18.4. The van der Waals surface area contributed by atoms with Crippen molar-refractivity contribution in [3.05, 3.63) is 105 Å². The van der Waals surface area contributed by atoms with Crippen molar-refractivity contribution in [1.82, 2.24) is 29.5 Å². The van der Waals surface area contributed by atoms with Crippen molar-refractivity contribution in [2.45, 2.75) is 51.4 Å². The second-order valence-corrected chi connectivity index (χ2v) is 15.2. The van der Waals surface area contributed by atoms with Crippen LogP contribution in [0.25, 0.3) is 39.2 Å². The molecule has 5 heterocycles. The van der Waals surface area contributed by atoms with Crippen LogP contribution in [0.4, 0.5) is 4.79 Å². The number of hydrogen-bond donors (Lipinski definition) is 3. The van der Waals surface area contributed by atoms with Crippen molar-refractivity contribution in [2.24, 2.45) is 5.92 Å². The summed E-state index contributed by atoms with van der Waals surface area (Å²) in [6, 6.07) is 18.2. The van der Waals surface area contributed by atoms with Gasteiger partial charge in [0.2, 0.25) is 11.8 Å². The van der Waals surface area contributed by atoms with E-state index in [0.29, 0.717) is 68.6 Å². The zero-order chi connectivity index (χ0) is 38.3. The lowest BCUT2D eigenvalue weighted by molar-refractivity contribution is -0.119. The number of amides is 2. The molecule has 0 radical (unpaired) electrons. The van der Waals surface area contributed by atoms with Crippen LogP contribution in [-0.4, -0.2) is 84.8 Å². The Morgan fingerprint density at radius 1 is 1.00 bits per heavy atom. The van der Waals surface area contributed by atoms with E-state index in [1.807, 2.05) is 62.4 Å². The standard InChI is InChI=1S/C40H40Cl2N6O6/c1-40(2,53)26-20-46(21-26)18-25-17-43-33-16-23(14-15-48(33)38(25)50)28-6-4-7-29(35(28)41)30-8-5-9-31(36(30)42)32-12-10-24(37(45-32)54-3)19-47(39(51)52)22-27-11-13-34(49)44-27/h4-10,12,14-17,26-27,53H,11,13,18-22H2,1-3H3,(H,44,49)(H,51,52)/t27-/m0/s1. The van der Waals surface area contributed by atoms with Crippen molar-refractivity contribution in [1.29, 1.82) is 0 Å². The number of carbonyl (C=O) groups is 2. The highest BCUT2D eigenvalue weighted by atomic mass is 35.5. The molecule has 2 amide bonds. The number of ether oxygens (including phenoxy) is 1. The van der Waals surface area contributed by atoms with E-state index in [1.54, 1.807) is 24.5 Å². The fourth-order valence-corrected chi connectivity index (χ4v) is 7.75. The number of pyridine rings is 2. The number of methoxy groups -OCH3 is 1. The number of likely N-dealkylation sites (tertiary alicyclic amines) is 1. The van der Waals surface area contributed by atoms with E-state index in [1.165, 1.54) is 16.4 Å². The fraction of sp³-hybridized carbons (Fsp3) is 0.325. The molecule has 2 fully saturated rings. The van der Waals surface area contributed by atoms with Gasteiger partial charge in [0.05, 0.1) is 40.6 Å². The molecule has 2 aliphatic rings. The second kappa shape index (κ2) is 15.0. The van der Waals surface area contributed by atoms with Gasteiger partial charge in [-0.05, 0) is 50.1 Å². The molecule has 0 saturated carbocycles. The monoisotopic (exact) mass is 770 g/mol. The van der Waals surface area contributed by atoms with E-state index in [4.69, 9.17) is 32.9 Å². The summed E-state index contributed by atoms with van der Waals surface area (Å²) < 4.78 is 7.13. The number of carbonyl (C=O) groups excluding carboxylic acids is 1. The largest absolute Gasteiger partial charge is 0.481 e. The highest BCUT2D eigenvalue weighted by molar-refractivity contribution is 6.39. The minimum absolute atomic E-state index is 0.0252. The van der Waals surface area contributed by atoms with Crippen molar-refractivity contribution < 1.29 is 24.5 Å². The molecule has 12 nitrogen and oxygen atoms in total. The van der Waals surface area contributed by atoms with Crippen LogP contribution in [0.1, 0.15) is 37.8 Å². The van der Waals surface area contributed by atoms with Gasteiger partial charge in [-0.2, -0.15) is 0 Å². The van der Waals surface area contributed by atoms with E-state index in [2.05, 4.69) is 15.2 Å². The lowest BCUT2D eigenvalue weighted by Crippen LogP contribution is -2.55. The Kier molecular flexibility index (Phi) is 10.4. The molecule has 3 N–H and O–H groups in total. The highest BCUT2D eigenvalue weighted by Gasteiger charge is 2.37. The number of halogens is 2. The third kappa shape index (κ3) is 7.52. The van der Waals surface area contributed by atoms with Crippen molar-refractivity contribution in [3.8, 4) is 39.4 Å². The van der Waals surface area contributed by atoms with Crippen molar-refractivity contribution in [3.63, 3.8) is 0 Å². The number of nitrogens with zero attached hydrogens (tertiary/aromatic N) is 5. The minimum atomic E-state index is -1.11. The molecule has 54 heavy (non-hydrogen) atoms. The molecule has 0 aliphatic carbocycles. The van der Waals surface area contributed by atoms with Gasteiger partial charge in [-0.15, -0.1) is 0 Å². The third-order valence-electron chi connectivity index (χ3n) is 10.3. The van der Waals surface area contributed by atoms with Crippen LogP contribution in [0.5, 0.6) is 5.88 Å². The second-order valence-electron chi connectivity index (χ2n) is 14.4. The molecular weight excluding hydrogens is 731 g/mol. The van der Waals surface area contributed by atoms with Crippen LogP contribution in [0.3, 0.4) is 0 Å². The molecule has 280 valence electrons. The first-order chi connectivity index (χ1) is 25.8. The predicted octanol–water partition coefficient (Wildman–Crippen LogP) is 6.37. The van der Waals surface area contributed by atoms with Crippen LogP contribution < -0.4 is 15.6 Å². The number of nitrogens with one attached hydrogen (secondary N) is 1. The van der Waals surface area contributed by atoms with E-state index in [9.17, 15) is 24.6 Å². The van der Waals surface area contributed by atoms with Gasteiger partial charge in [-0.25, -0.2) is 14.8 Å². The predicted molar refractivity (Wildman–Crippen MR) is 207 cm³/mol. The number of fused-ring (bicyclic) bond motifs is 1. The van der Waals surface area contributed by atoms with Gasteiger partial charge in [0.15, 0.2) is 0 Å². The summed E-state index contributed by atoms with van der Waals surface area (Å²) in [5.74, 6) is 0.344. The lowest BCUT2D eigenvalue weighted by Gasteiger charge is -2.45. The van der Waals surface area contributed by atoms with Crippen molar-refractivity contribution >= 4 is 40.8 Å². The average molecular weight is 772 g/mol. The summed E-state index contributed by atoms with van der Waals surface area (Å²) in [7, 11) is 1.47. The third-order valence-corrected chi connectivity index (χ3v) is 11.1. The normalized spacial score (nSPS) is 16.3. The Labute approximate surface area is 321 Å². The maximum absolute atomic E-state index is 13.4. The molecule has 0 spiro atoms.